The summed E-state index contributed by atoms with van der Waals surface area (Å²) < 4.78 is 0. The molecule has 0 aromatic heterocycles. The summed E-state index contributed by atoms with van der Waals surface area (Å²) in [5.41, 5.74) is 1.24. The van der Waals surface area contributed by atoms with Gasteiger partial charge in [0, 0.05) is 15.2 Å². The van der Waals surface area contributed by atoms with Crippen molar-refractivity contribution < 1.29 is 0 Å². The highest BCUT2D eigenvalue weighted by atomic mass is 35.5. The molecule has 0 N–H and O–H groups in total. The zero-order valence-corrected chi connectivity index (χ0v) is 9.88. The van der Waals surface area contributed by atoms with Crippen molar-refractivity contribution in [2.45, 2.75) is 37.3 Å². The Hall–Kier alpha value is -0.140. The third kappa shape index (κ3) is 3.24. The van der Waals surface area contributed by atoms with Gasteiger partial charge in [-0.25, -0.2) is 0 Å². The molecule has 2 heteroatoms. The minimum absolute atomic E-state index is 0.630. The lowest BCUT2D eigenvalue weighted by Crippen LogP contribution is -1.88. The fourth-order valence-corrected chi connectivity index (χ4v) is 2.32. The van der Waals surface area contributed by atoms with Gasteiger partial charge in [0.1, 0.15) is 0 Å². The van der Waals surface area contributed by atoms with Gasteiger partial charge in [0.05, 0.1) is 0 Å². The number of halogens is 1. The van der Waals surface area contributed by atoms with Crippen LogP contribution in [0.4, 0.5) is 0 Å². The molecule has 0 nitrogen and oxygen atoms in total. The van der Waals surface area contributed by atoms with Gasteiger partial charge in [0.15, 0.2) is 0 Å². The Morgan fingerprint density at radius 2 is 2.08 bits per heavy atom. The summed E-state index contributed by atoms with van der Waals surface area (Å²) in [6.45, 7) is 6.53. The van der Waals surface area contributed by atoms with E-state index in [1.54, 1.807) is 0 Å². The van der Waals surface area contributed by atoms with Crippen molar-refractivity contribution in [2.75, 3.05) is 0 Å². The van der Waals surface area contributed by atoms with Crippen LogP contribution in [0.3, 0.4) is 0 Å². The van der Waals surface area contributed by atoms with Crippen LogP contribution in [-0.2, 0) is 6.42 Å². The maximum absolute atomic E-state index is 6.02. The van der Waals surface area contributed by atoms with Crippen LogP contribution in [0.25, 0.3) is 0 Å². The fraction of sp³-hybridized carbons (Fsp3) is 0.455. The molecule has 0 heterocycles. The summed E-state index contributed by atoms with van der Waals surface area (Å²) in [5, 5.41) is 1.52. The summed E-state index contributed by atoms with van der Waals surface area (Å²) >= 11 is 7.90. The maximum Gasteiger partial charge on any atom is 0.0438 e. The normalized spacial score (nSPS) is 10.8. The highest BCUT2D eigenvalue weighted by Crippen LogP contribution is 2.27. The Balaban J connectivity index is 2.86. The monoisotopic (exact) mass is 214 g/mol. The minimum atomic E-state index is 0.630. The van der Waals surface area contributed by atoms with E-state index < -0.39 is 0 Å². The smallest absolute Gasteiger partial charge is 0.0438 e. The molecule has 0 saturated heterocycles. The molecule has 13 heavy (non-hydrogen) atoms. The highest BCUT2D eigenvalue weighted by molar-refractivity contribution is 7.99. The number of hydrogen-bond donors (Lipinski definition) is 0. The number of benzene rings is 1. The molecule has 72 valence electrons. The average molecular weight is 215 g/mol. The van der Waals surface area contributed by atoms with Crippen LogP contribution in [0.2, 0.25) is 5.02 Å². The van der Waals surface area contributed by atoms with Crippen LogP contribution < -0.4 is 0 Å². The first kappa shape index (κ1) is 10.9. The van der Waals surface area contributed by atoms with Crippen LogP contribution >= 0.6 is 23.4 Å². The zero-order chi connectivity index (χ0) is 9.84. The largest absolute Gasteiger partial charge is 0.123 e. The third-order valence-corrected chi connectivity index (χ3v) is 3.14. The van der Waals surface area contributed by atoms with Gasteiger partial charge in [-0.05, 0) is 30.2 Å². The van der Waals surface area contributed by atoms with Crippen LogP contribution in [0.5, 0.6) is 0 Å². The van der Waals surface area contributed by atoms with Crippen LogP contribution in [-0.4, -0.2) is 5.25 Å². The summed E-state index contributed by atoms with van der Waals surface area (Å²) in [6, 6.07) is 6.27. The second-order valence-electron chi connectivity index (χ2n) is 3.27. The minimum Gasteiger partial charge on any atom is -0.123 e. The summed E-state index contributed by atoms with van der Waals surface area (Å²) in [7, 11) is 0. The zero-order valence-electron chi connectivity index (χ0n) is 8.30. The van der Waals surface area contributed by atoms with E-state index in [1.807, 2.05) is 17.8 Å². The van der Waals surface area contributed by atoms with Crippen molar-refractivity contribution >= 4 is 23.4 Å². The molecule has 1 rings (SSSR count). The molecule has 1 aromatic rings. The first-order chi connectivity index (χ1) is 6.13. The predicted molar refractivity (Wildman–Crippen MR) is 61.8 cm³/mol. The molecule has 0 aliphatic carbocycles. The lowest BCUT2D eigenvalue weighted by molar-refractivity contribution is 1.10. The van der Waals surface area contributed by atoms with Crippen molar-refractivity contribution in [3.05, 3.63) is 28.8 Å². The summed E-state index contributed by atoms with van der Waals surface area (Å²) in [5.74, 6) is 0. The van der Waals surface area contributed by atoms with Gasteiger partial charge in [-0.2, -0.15) is 0 Å². The van der Waals surface area contributed by atoms with Crippen molar-refractivity contribution in [2.24, 2.45) is 0 Å². The predicted octanol–water partition coefficient (Wildman–Crippen LogP) is 4.40. The van der Waals surface area contributed by atoms with Crippen LogP contribution in [0.15, 0.2) is 23.1 Å². The molecule has 0 aliphatic heterocycles. The van der Waals surface area contributed by atoms with Crippen molar-refractivity contribution in [3.63, 3.8) is 0 Å². The Bertz CT molecular complexity index is 281. The molecule has 0 unspecified atom stereocenters. The fourth-order valence-electron chi connectivity index (χ4n) is 1.17. The average Bonchev–Trinajstić information content (AvgIpc) is 2.07. The van der Waals surface area contributed by atoms with E-state index in [-0.39, 0.29) is 0 Å². The van der Waals surface area contributed by atoms with E-state index in [0.29, 0.717) is 5.25 Å². The van der Waals surface area contributed by atoms with Gasteiger partial charge in [-0.15, -0.1) is 11.8 Å². The number of rotatable bonds is 3. The molecular formula is C11H15ClS. The first-order valence-electron chi connectivity index (χ1n) is 4.58. The lowest BCUT2D eigenvalue weighted by atomic mass is 10.2. The van der Waals surface area contributed by atoms with Gasteiger partial charge in [-0.1, -0.05) is 32.4 Å². The lowest BCUT2D eigenvalue weighted by Gasteiger charge is -2.07. The Kier molecular flexibility index (Phi) is 4.14. The Labute approximate surface area is 89.7 Å². The van der Waals surface area contributed by atoms with Gasteiger partial charge in [0.2, 0.25) is 0 Å². The quantitative estimate of drug-likeness (QED) is 0.672. The Morgan fingerprint density at radius 1 is 1.38 bits per heavy atom. The number of thioether (sulfide) groups is 1. The van der Waals surface area contributed by atoms with Crippen LogP contribution in [0, 0.1) is 0 Å². The highest BCUT2D eigenvalue weighted by Gasteiger charge is 2.02. The molecule has 0 saturated carbocycles. The van der Waals surface area contributed by atoms with Gasteiger partial charge in [0.25, 0.3) is 0 Å². The van der Waals surface area contributed by atoms with E-state index in [9.17, 15) is 0 Å². The third-order valence-electron chi connectivity index (χ3n) is 1.77. The molecule has 0 fully saturated rings. The summed E-state index contributed by atoms with van der Waals surface area (Å²) in [4.78, 5) is 1.32. The molecular weight excluding hydrogens is 200 g/mol. The van der Waals surface area contributed by atoms with E-state index >= 15 is 0 Å². The molecule has 0 atom stereocenters. The van der Waals surface area contributed by atoms with Gasteiger partial charge < -0.3 is 0 Å². The van der Waals surface area contributed by atoms with E-state index in [0.717, 1.165) is 11.4 Å². The van der Waals surface area contributed by atoms with E-state index in [2.05, 4.69) is 32.9 Å². The SMILES string of the molecule is CCc1cc(SC(C)C)ccc1Cl. The number of aryl methyl sites for hydroxylation is 1. The van der Waals surface area contributed by atoms with Crippen molar-refractivity contribution in [1.82, 2.24) is 0 Å². The molecule has 0 bridgehead atoms. The molecule has 0 amide bonds. The standard InChI is InChI=1S/C11H15ClS/c1-4-9-7-10(13-8(2)3)5-6-11(9)12/h5-8H,4H2,1-3H3. The molecule has 0 radical (unpaired) electrons. The van der Waals surface area contributed by atoms with Crippen molar-refractivity contribution in [3.8, 4) is 0 Å². The Morgan fingerprint density at radius 3 is 2.62 bits per heavy atom. The second-order valence-corrected chi connectivity index (χ2v) is 5.33. The van der Waals surface area contributed by atoms with Crippen LogP contribution in [0.1, 0.15) is 26.3 Å². The summed E-state index contributed by atoms with van der Waals surface area (Å²) in [6.07, 6.45) is 1.01. The van der Waals surface area contributed by atoms with E-state index in [4.69, 9.17) is 11.6 Å². The van der Waals surface area contributed by atoms with Gasteiger partial charge in [-0.3, -0.25) is 0 Å². The molecule has 1 aromatic carbocycles. The van der Waals surface area contributed by atoms with Gasteiger partial charge >= 0.3 is 0 Å². The molecule has 0 spiro atoms. The first-order valence-corrected chi connectivity index (χ1v) is 5.84. The number of hydrogen-bond acceptors (Lipinski definition) is 1. The maximum atomic E-state index is 6.02. The molecule has 0 aliphatic rings. The van der Waals surface area contributed by atoms with E-state index in [1.165, 1.54) is 10.5 Å². The topological polar surface area (TPSA) is 0 Å². The van der Waals surface area contributed by atoms with Crippen molar-refractivity contribution in [1.29, 1.82) is 0 Å². The second kappa shape index (κ2) is 4.92.